The first kappa shape index (κ1) is 31.8. The molecule has 0 amide bonds. The summed E-state index contributed by atoms with van der Waals surface area (Å²) in [5, 5.41) is -0.734. The van der Waals surface area contributed by atoms with Crippen molar-refractivity contribution in [1.29, 1.82) is 0 Å². The molecule has 0 spiro atoms. The SMILES string of the molecule is C[SiH](C)C(OC([C@H]1CCc2cc(I)ccc2O1)([SiH](C)C)C(C)(C)C)([C@H]1CCc2cc(I)ccc2O1)C(C)(C)C. The number of benzene rings is 2. The van der Waals surface area contributed by atoms with E-state index in [1.165, 1.54) is 18.3 Å². The van der Waals surface area contributed by atoms with Gasteiger partial charge in [-0.25, -0.2) is 0 Å². The molecule has 216 valence electrons. The van der Waals surface area contributed by atoms with Crippen LogP contribution in [-0.4, -0.2) is 40.3 Å². The highest BCUT2D eigenvalue weighted by Crippen LogP contribution is 2.53. The number of ether oxygens (including phenoxy) is 3. The zero-order valence-corrected chi connectivity index (χ0v) is 32.2. The molecule has 39 heavy (non-hydrogen) atoms. The molecule has 2 aliphatic heterocycles. The lowest BCUT2D eigenvalue weighted by Gasteiger charge is -2.62. The smallest absolute Gasteiger partial charge is 0.125 e. The Morgan fingerprint density at radius 2 is 1.03 bits per heavy atom. The third kappa shape index (κ3) is 5.78. The first-order valence-electron chi connectivity index (χ1n) is 14.6. The zero-order valence-electron chi connectivity index (χ0n) is 25.6. The van der Waals surface area contributed by atoms with Crippen LogP contribution in [0.5, 0.6) is 11.5 Å². The van der Waals surface area contributed by atoms with Crippen molar-refractivity contribution in [2.45, 2.75) is 116 Å². The van der Waals surface area contributed by atoms with E-state index in [0.29, 0.717) is 0 Å². The Balaban J connectivity index is 1.85. The van der Waals surface area contributed by atoms with Crippen molar-refractivity contribution in [1.82, 2.24) is 0 Å². The van der Waals surface area contributed by atoms with Gasteiger partial charge in [-0.3, -0.25) is 0 Å². The highest BCUT2D eigenvalue weighted by atomic mass is 127. The maximum atomic E-state index is 8.10. The minimum Gasteiger partial charge on any atom is -0.487 e. The van der Waals surface area contributed by atoms with Gasteiger partial charge >= 0.3 is 0 Å². The van der Waals surface area contributed by atoms with Gasteiger partial charge in [0, 0.05) is 7.14 Å². The van der Waals surface area contributed by atoms with Crippen molar-refractivity contribution < 1.29 is 14.2 Å². The Labute approximate surface area is 268 Å². The molecular formula is C32H48I2O3Si2. The van der Waals surface area contributed by atoms with E-state index < -0.39 is 17.6 Å². The fourth-order valence-corrected chi connectivity index (χ4v) is 15.2. The van der Waals surface area contributed by atoms with Crippen LogP contribution in [0.1, 0.15) is 65.5 Å². The lowest BCUT2D eigenvalue weighted by atomic mass is 9.78. The first-order valence-corrected chi connectivity index (χ1v) is 22.6. The van der Waals surface area contributed by atoms with E-state index in [9.17, 15) is 0 Å². The molecule has 2 heterocycles. The molecule has 3 nitrogen and oxygen atoms in total. The van der Waals surface area contributed by atoms with Crippen molar-refractivity contribution in [2.75, 3.05) is 0 Å². The lowest BCUT2D eigenvalue weighted by Crippen LogP contribution is -2.75. The number of aryl methyl sites for hydroxylation is 2. The topological polar surface area (TPSA) is 27.7 Å². The average Bonchev–Trinajstić information content (AvgIpc) is 2.82. The molecule has 0 radical (unpaired) electrons. The Bertz CT molecular complexity index is 1100. The minimum atomic E-state index is -1.47. The number of fused-ring (bicyclic) bond motifs is 2. The molecule has 2 aliphatic rings. The second kappa shape index (κ2) is 11.5. The molecule has 2 aromatic rings. The minimum absolute atomic E-state index is 0.0173. The molecule has 2 aromatic carbocycles. The zero-order chi connectivity index (χ0) is 29.0. The molecule has 0 saturated heterocycles. The van der Waals surface area contributed by atoms with Gasteiger partial charge in [-0.2, -0.15) is 0 Å². The van der Waals surface area contributed by atoms with E-state index in [1.54, 1.807) is 0 Å². The van der Waals surface area contributed by atoms with Crippen LogP contribution in [0.3, 0.4) is 0 Å². The van der Waals surface area contributed by atoms with Gasteiger partial charge in [-0.1, -0.05) is 67.7 Å². The third-order valence-corrected chi connectivity index (χ3v) is 16.8. The maximum Gasteiger partial charge on any atom is 0.125 e. The third-order valence-electron chi connectivity index (χ3n) is 9.29. The van der Waals surface area contributed by atoms with Crippen LogP contribution in [0.25, 0.3) is 0 Å². The summed E-state index contributed by atoms with van der Waals surface area (Å²) < 4.78 is 24.7. The van der Waals surface area contributed by atoms with Gasteiger partial charge in [0.25, 0.3) is 0 Å². The fourth-order valence-electron chi connectivity index (χ4n) is 7.71. The van der Waals surface area contributed by atoms with E-state index in [-0.39, 0.29) is 33.5 Å². The number of rotatable bonds is 6. The Kier molecular flexibility index (Phi) is 9.40. The van der Waals surface area contributed by atoms with Gasteiger partial charge in [-0.05, 0) is 129 Å². The molecule has 4 atom stereocenters. The molecule has 2 unspecified atom stereocenters. The highest BCUT2D eigenvalue weighted by molar-refractivity contribution is 14.1. The summed E-state index contributed by atoms with van der Waals surface area (Å²) >= 11 is 4.82. The second-order valence-corrected chi connectivity index (χ2v) is 23.1. The molecule has 0 bridgehead atoms. The van der Waals surface area contributed by atoms with Crippen LogP contribution < -0.4 is 9.47 Å². The highest BCUT2D eigenvalue weighted by Gasteiger charge is 2.63. The van der Waals surface area contributed by atoms with Gasteiger partial charge in [0.2, 0.25) is 0 Å². The molecule has 7 heteroatoms. The summed E-state index contributed by atoms with van der Waals surface area (Å²) in [6.07, 6.45) is 4.08. The molecule has 0 N–H and O–H groups in total. The van der Waals surface area contributed by atoms with E-state index in [0.717, 1.165) is 37.2 Å². The molecular weight excluding hydrogens is 742 g/mol. The van der Waals surface area contributed by atoms with Crippen molar-refractivity contribution in [3.63, 3.8) is 0 Å². The van der Waals surface area contributed by atoms with Gasteiger partial charge < -0.3 is 14.2 Å². The molecule has 4 rings (SSSR count). The summed E-state index contributed by atoms with van der Waals surface area (Å²) in [7, 11) is -2.94. The molecule has 0 saturated carbocycles. The number of halogens is 2. The van der Waals surface area contributed by atoms with Gasteiger partial charge in [0.15, 0.2) is 0 Å². The van der Waals surface area contributed by atoms with Gasteiger partial charge in [0.05, 0.1) is 28.0 Å². The van der Waals surface area contributed by atoms with Gasteiger partial charge in [-0.15, -0.1) is 0 Å². The Hall–Kier alpha value is -0.106. The maximum absolute atomic E-state index is 8.10. The lowest BCUT2D eigenvalue weighted by molar-refractivity contribution is -0.229. The largest absolute Gasteiger partial charge is 0.487 e. The summed E-state index contributed by atoms with van der Waals surface area (Å²) in [4.78, 5) is 0. The van der Waals surface area contributed by atoms with Crippen molar-refractivity contribution >= 4 is 62.8 Å². The first-order chi connectivity index (χ1) is 18.0. The van der Waals surface area contributed by atoms with Crippen LogP contribution in [0.15, 0.2) is 36.4 Å². The molecule has 0 fully saturated rings. The van der Waals surface area contributed by atoms with Gasteiger partial charge in [0.1, 0.15) is 23.7 Å². The summed E-state index contributed by atoms with van der Waals surface area (Å²) in [5.41, 5.74) is 2.46. The second-order valence-electron chi connectivity index (χ2n) is 14.3. The molecule has 0 aromatic heterocycles. The number of hydrogen-bond donors (Lipinski definition) is 0. The van der Waals surface area contributed by atoms with E-state index in [4.69, 9.17) is 14.2 Å². The van der Waals surface area contributed by atoms with Crippen molar-refractivity contribution in [3.8, 4) is 11.5 Å². The molecule has 0 aliphatic carbocycles. The standard InChI is InChI=1S/C32H48I2O3Si2/c1-29(2,3)31(38(7)8,27-17-11-21-19-23(33)13-15-25(21)35-27)37-32(39(9)10,30(4,5)6)28-18-12-22-20-24(34)14-16-26(22)36-28/h13-16,19-20,27-28,38-39H,11-12,17-18H2,1-10H3/t27-,28-,31?,32?/m1/s1. The Morgan fingerprint density at radius 1 is 0.667 bits per heavy atom. The van der Waals surface area contributed by atoms with Crippen LogP contribution in [0.2, 0.25) is 26.2 Å². The summed E-state index contributed by atoms with van der Waals surface area (Å²) in [5.74, 6) is 2.08. The normalized spacial score (nSPS) is 22.8. The Morgan fingerprint density at radius 3 is 1.33 bits per heavy atom. The quantitative estimate of drug-likeness (QED) is 0.217. The van der Waals surface area contributed by atoms with Crippen molar-refractivity contribution in [3.05, 3.63) is 54.7 Å². The average molecular weight is 791 g/mol. The monoisotopic (exact) mass is 790 g/mol. The summed E-state index contributed by atoms with van der Waals surface area (Å²) in [6, 6.07) is 13.3. The van der Waals surface area contributed by atoms with E-state index in [1.807, 2.05) is 0 Å². The van der Waals surface area contributed by atoms with E-state index in [2.05, 4.69) is 149 Å². The van der Waals surface area contributed by atoms with Crippen molar-refractivity contribution in [2.24, 2.45) is 10.8 Å². The van der Waals surface area contributed by atoms with E-state index >= 15 is 0 Å². The van der Waals surface area contributed by atoms with Crippen LogP contribution >= 0.6 is 45.2 Å². The number of hydrogen-bond acceptors (Lipinski definition) is 3. The predicted octanol–water partition coefficient (Wildman–Crippen LogP) is 8.62. The van der Waals surface area contributed by atoms with Crippen LogP contribution in [-0.2, 0) is 17.6 Å². The van der Waals surface area contributed by atoms with Crippen LogP contribution in [0, 0.1) is 18.0 Å². The fraction of sp³-hybridized carbons (Fsp3) is 0.625. The summed E-state index contributed by atoms with van der Waals surface area (Å²) in [6.45, 7) is 24.3. The predicted molar refractivity (Wildman–Crippen MR) is 187 cm³/mol. The van der Waals surface area contributed by atoms with Crippen LogP contribution in [0.4, 0.5) is 0 Å².